The van der Waals surface area contributed by atoms with Gasteiger partial charge in [-0.25, -0.2) is 0 Å². The summed E-state index contributed by atoms with van der Waals surface area (Å²) in [6.07, 6.45) is 4.13. The van der Waals surface area contributed by atoms with Crippen molar-refractivity contribution in [3.8, 4) is 0 Å². The van der Waals surface area contributed by atoms with Gasteiger partial charge in [-0.2, -0.15) is 0 Å². The third-order valence-electron chi connectivity index (χ3n) is 2.83. The third kappa shape index (κ3) is 3.29. The van der Waals surface area contributed by atoms with Gasteiger partial charge in [0.2, 0.25) is 0 Å². The Bertz CT molecular complexity index is 184. The van der Waals surface area contributed by atoms with Crippen molar-refractivity contribution in [2.45, 2.75) is 51.6 Å². The highest BCUT2D eigenvalue weighted by Crippen LogP contribution is 2.25. The first kappa shape index (κ1) is 11.5. The minimum absolute atomic E-state index is 0.0343. The van der Waals surface area contributed by atoms with Crippen LogP contribution in [0.1, 0.15) is 39.5 Å². The summed E-state index contributed by atoms with van der Waals surface area (Å²) >= 11 is 0. The highest BCUT2D eigenvalue weighted by Gasteiger charge is 2.26. The van der Waals surface area contributed by atoms with Crippen LogP contribution < -0.4 is 5.32 Å². The fourth-order valence-electron chi connectivity index (χ4n) is 2.13. The van der Waals surface area contributed by atoms with Crippen LogP contribution >= 0.6 is 0 Å². The molecule has 0 aromatic carbocycles. The maximum atomic E-state index is 11.3. The zero-order valence-electron chi connectivity index (χ0n) is 9.38. The second-order valence-electron chi connectivity index (χ2n) is 4.39. The molecule has 0 spiro atoms. The number of esters is 1. The van der Waals surface area contributed by atoms with Crippen molar-refractivity contribution in [2.75, 3.05) is 7.11 Å². The molecule has 0 amide bonds. The number of hydrogen-bond acceptors (Lipinski definition) is 3. The van der Waals surface area contributed by atoms with Crippen LogP contribution in [0.4, 0.5) is 0 Å². The summed E-state index contributed by atoms with van der Waals surface area (Å²) in [5, 5.41) is 3.51. The highest BCUT2D eigenvalue weighted by molar-refractivity contribution is 5.72. The first-order valence-corrected chi connectivity index (χ1v) is 5.47. The van der Waals surface area contributed by atoms with E-state index in [0.717, 1.165) is 25.7 Å². The van der Waals surface area contributed by atoms with Crippen LogP contribution in [0.2, 0.25) is 0 Å². The van der Waals surface area contributed by atoms with E-state index < -0.39 is 0 Å². The second-order valence-corrected chi connectivity index (χ2v) is 4.39. The van der Waals surface area contributed by atoms with Crippen molar-refractivity contribution in [1.82, 2.24) is 5.32 Å². The van der Waals surface area contributed by atoms with Crippen LogP contribution in [0.25, 0.3) is 0 Å². The molecular formula is C11H21NO2. The third-order valence-corrected chi connectivity index (χ3v) is 2.83. The Labute approximate surface area is 86.2 Å². The van der Waals surface area contributed by atoms with Gasteiger partial charge in [0.25, 0.3) is 0 Å². The van der Waals surface area contributed by atoms with E-state index in [4.69, 9.17) is 4.74 Å². The molecule has 1 aliphatic rings. The number of ether oxygens (including phenoxy) is 1. The minimum atomic E-state index is -0.0343. The van der Waals surface area contributed by atoms with E-state index in [1.807, 2.05) is 0 Å². The molecule has 1 saturated carbocycles. The molecule has 0 atom stereocenters. The summed E-state index contributed by atoms with van der Waals surface area (Å²) in [4.78, 5) is 11.3. The van der Waals surface area contributed by atoms with Gasteiger partial charge >= 0.3 is 5.97 Å². The van der Waals surface area contributed by atoms with Gasteiger partial charge in [-0.05, 0) is 25.7 Å². The Kier molecular flexibility index (Phi) is 4.39. The summed E-state index contributed by atoms with van der Waals surface area (Å²) in [5.74, 6) is 0.109. The number of carbonyl (C=O) groups is 1. The zero-order chi connectivity index (χ0) is 10.6. The molecule has 3 nitrogen and oxygen atoms in total. The minimum Gasteiger partial charge on any atom is -0.469 e. The summed E-state index contributed by atoms with van der Waals surface area (Å²) in [6, 6.07) is 1.13. The van der Waals surface area contributed by atoms with Crippen molar-refractivity contribution in [2.24, 2.45) is 5.92 Å². The van der Waals surface area contributed by atoms with Crippen molar-refractivity contribution >= 4 is 5.97 Å². The summed E-state index contributed by atoms with van der Waals surface area (Å²) in [7, 11) is 1.47. The first-order valence-electron chi connectivity index (χ1n) is 5.47. The number of methoxy groups -OCH3 is 1. The number of carbonyl (C=O) groups excluding carboxylic acids is 1. The SMILES string of the molecule is COC(=O)C1CCC(NC(C)C)CC1. The van der Waals surface area contributed by atoms with Crippen LogP contribution in [0.15, 0.2) is 0 Å². The van der Waals surface area contributed by atoms with E-state index in [1.54, 1.807) is 0 Å². The summed E-state index contributed by atoms with van der Waals surface area (Å²) in [5.41, 5.74) is 0. The molecule has 14 heavy (non-hydrogen) atoms. The van der Waals surface area contributed by atoms with Crippen LogP contribution in [-0.4, -0.2) is 25.2 Å². The normalized spacial score (nSPS) is 27.7. The van der Waals surface area contributed by atoms with E-state index in [2.05, 4.69) is 19.2 Å². The second kappa shape index (κ2) is 5.35. The van der Waals surface area contributed by atoms with Crippen molar-refractivity contribution < 1.29 is 9.53 Å². The van der Waals surface area contributed by atoms with Gasteiger partial charge in [0.05, 0.1) is 13.0 Å². The quantitative estimate of drug-likeness (QED) is 0.703. The molecule has 0 heterocycles. The summed E-state index contributed by atoms with van der Waals surface area (Å²) < 4.78 is 4.75. The Morgan fingerprint density at radius 1 is 1.29 bits per heavy atom. The maximum absolute atomic E-state index is 11.3. The Hall–Kier alpha value is -0.570. The van der Waals surface area contributed by atoms with Gasteiger partial charge in [-0.3, -0.25) is 4.79 Å². The predicted octanol–water partition coefficient (Wildman–Crippen LogP) is 1.72. The van der Waals surface area contributed by atoms with Gasteiger partial charge in [0.1, 0.15) is 0 Å². The van der Waals surface area contributed by atoms with E-state index in [9.17, 15) is 4.79 Å². The molecule has 0 aromatic rings. The molecule has 0 unspecified atom stereocenters. The smallest absolute Gasteiger partial charge is 0.308 e. The van der Waals surface area contributed by atoms with Crippen molar-refractivity contribution in [1.29, 1.82) is 0 Å². The molecule has 3 heteroatoms. The Morgan fingerprint density at radius 3 is 2.29 bits per heavy atom. The van der Waals surface area contributed by atoms with Gasteiger partial charge in [-0.15, -0.1) is 0 Å². The fourth-order valence-corrected chi connectivity index (χ4v) is 2.13. The van der Waals surface area contributed by atoms with Gasteiger partial charge in [0.15, 0.2) is 0 Å². The topological polar surface area (TPSA) is 38.3 Å². The van der Waals surface area contributed by atoms with E-state index in [-0.39, 0.29) is 11.9 Å². The molecule has 1 rings (SSSR count). The molecule has 1 aliphatic carbocycles. The number of rotatable bonds is 3. The molecule has 0 saturated heterocycles. The largest absolute Gasteiger partial charge is 0.469 e. The van der Waals surface area contributed by atoms with Crippen molar-refractivity contribution in [3.63, 3.8) is 0 Å². The lowest BCUT2D eigenvalue weighted by Crippen LogP contribution is -2.38. The fraction of sp³-hybridized carbons (Fsp3) is 0.909. The number of nitrogens with one attached hydrogen (secondary N) is 1. The van der Waals surface area contributed by atoms with Crippen LogP contribution in [0.3, 0.4) is 0 Å². The highest BCUT2D eigenvalue weighted by atomic mass is 16.5. The lowest BCUT2D eigenvalue weighted by molar-refractivity contribution is -0.146. The average Bonchev–Trinajstić information content (AvgIpc) is 2.17. The monoisotopic (exact) mass is 199 g/mol. The predicted molar refractivity (Wildman–Crippen MR) is 56.0 cm³/mol. The lowest BCUT2D eigenvalue weighted by atomic mass is 9.86. The maximum Gasteiger partial charge on any atom is 0.308 e. The Balaban J connectivity index is 2.27. The number of hydrogen-bond donors (Lipinski definition) is 1. The standard InChI is InChI=1S/C11H21NO2/c1-8(2)12-10-6-4-9(5-7-10)11(13)14-3/h8-10,12H,4-7H2,1-3H3. The molecule has 0 aliphatic heterocycles. The van der Waals surface area contributed by atoms with Gasteiger partial charge in [0, 0.05) is 12.1 Å². The van der Waals surface area contributed by atoms with E-state index in [0.29, 0.717) is 12.1 Å². The van der Waals surface area contributed by atoms with E-state index in [1.165, 1.54) is 7.11 Å². The first-order chi connectivity index (χ1) is 6.63. The molecule has 0 radical (unpaired) electrons. The average molecular weight is 199 g/mol. The van der Waals surface area contributed by atoms with Crippen LogP contribution in [0, 0.1) is 5.92 Å². The van der Waals surface area contributed by atoms with Crippen LogP contribution in [0.5, 0.6) is 0 Å². The van der Waals surface area contributed by atoms with Crippen molar-refractivity contribution in [3.05, 3.63) is 0 Å². The van der Waals surface area contributed by atoms with Crippen LogP contribution in [-0.2, 0) is 9.53 Å². The lowest BCUT2D eigenvalue weighted by Gasteiger charge is -2.29. The molecule has 1 fully saturated rings. The molecule has 82 valence electrons. The molecular weight excluding hydrogens is 178 g/mol. The zero-order valence-corrected chi connectivity index (χ0v) is 9.38. The van der Waals surface area contributed by atoms with E-state index >= 15 is 0 Å². The molecule has 1 N–H and O–H groups in total. The van der Waals surface area contributed by atoms with Gasteiger partial charge < -0.3 is 10.1 Å². The molecule has 0 aromatic heterocycles. The molecule has 0 bridgehead atoms. The van der Waals surface area contributed by atoms with Gasteiger partial charge in [-0.1, -0.05) is 13.8 Å². The summed E-state index contributed by atoms with van der Waals surface area (Å²) in [6.45, 7) is 4.32. The Morgan fingerprint density at radius 2 is 1.86 bits per heavy atom.